The van der Waals surface area contributed by atoms with E-state index in [4.69, 9.17) is 0 Å². The van der Waals surface area contributed by atoms with Crippen molar-refractivity contribution in [3.63, 3.8) is 0 Å². The van der Waals surface area contributed by atoms with Gasteiger partial charge in [0.05, 0.1) is 0 Å². The Morgan fingerprint density at radius 2 is 1.41 bits per heavy atom. The van der Waals surface area contributed by atoms with Gasteiger partial charge in [0.25, 0.3) is 0 Å². The third-order valence-electron chi connectivity index (χ3n) is 5.39. The first kappa shape index (κ1) is 12.6. The van der Waals surface area contributed by atoms with E-state index in [1.165, 1.54) is 0 Å². The Morgan fingerprint density at radius 3 is 1.95 bits per heavy atom. The van der Waals surface area contributed by atoms with Gasteiger partial charge in [-0.2, -0.15) is 11.3 Å². The van der Waals surface area contributed by atoms with Crippen LogP contribution in [0, 0.1) is 0 Å². The fourth-order valence-electron chi connectivity index (χ4n) is 4.66. The molecule has 1 aromatic heterocycles. The summed E-state index contributed by atoms with van der Waals surface area (Å²) in [5.74, 6) is 0. The molecule has 2 aromatic carbocycles. The van der Waals surface area contributed by atoms with Gasteiger partial charge in [0.15, 0.2) is 8.07 Å². The van der Waals surface area contributed by atoms with E-state index in [2.05, 4.69) is 78.3 Å². The highest BCUT2D eigenvalue weighted by atomic mass is 32.1. The van der Waals surface area contributed by atoms with Crippen LogP contribution in [0.2, 0.25) is 0 Å². The first-order chi connectivity index (χ1) is 10.8. The summed E-state index contributed by atoms with van der Waals surface area (Å²) in [4.78, 5) is 0. The molecule has 106 valence electrons. The van der Waals surface area contributed by atoms with Crippen LogP contribution >= 0.6 is 11.3 Å². The lowest BCUT2D eigenvalue weighted by Gasteiger charge is -2.46. The molecule has 22 heavy (non-hydrogen) atoms. The molecule has 0 radical (unpaired) electrons. The average molecular weight is 317 g/mol. The second kappa shape index (κ2) is 4.31. The molecule has 0 amide bonds. The molecule has 5 rings (SSSR count). The predicted molar refractivity (Wildman–Crippen MR) is 97.6 cm³/mol. The Balaban J connectivity index is 1.84. The quantitative estimate of drug-likeness (QED) is 0.628. The average Bonchev–Trinajstić information content (AvgIpc) is 3.20. The highest BCUT2D eigenvalue weighted by Crippen LogP contribution is 2.61. The molecular weight excluding hydrogens is 300 g/mol. The van der Waals surface area contributed by atoms with Gasteiger partial charge >= 0.3 is 0 Å². The lowest BCUT2D eigenvalue weighted by atomic mass is 10.2. The molecule has 2 heteroatoms. The second-order valence-electron chi connectivity index (χ2n) is 6.27. The molecule has 0 saturated heterocycles. The van der Waals surface area contributed by atoms with Crippen molar-refractivity contribution in [1.29, 1.82) is 0 Å². The molecule has 2 bridgehead atoms. The van der Waals surface area contributed by atoms with Crippen LogP contribution in [0.15, 0.2) is 77.0 Å². The summed E-state index contributed by atoms with van der Waals surface area (Å²) in [6.45, 7) is 2.35. The van der Waals surface area contributed by atoms with E-state index < -0.39 is 8.07 Å². The highest BCUT2D eigenvalue weighted by Gasteiger charge is 2.63. The van der Waals surface area contributed by atoms with E-state index in [1.807, 2.05) is 11.3 Å². The lowest BCUT2D eigenvalue weighted by Crippen LogP contribution is -2.66. The third kappa shape index (κ3) is 1.29. The summed E-state index contributed by atoms with van der Waals surface area (Å²) in [7, 11) is -1.82. The van der Waals surface area contributed by atoms with Gasteiger partial charge in [-0.3, -0.25) is 0 Å². The first-order valence-electron chi connectivity index (χ1n) is 7.74. The smallest absolute Gasteiger partial charge is 0.151 e. The summed E-state index contributed by atoms with van der Waals surface area (Å²) in [6.07, 6.45) is 0. The fourth-order valence-corrected chi connectivity index (χ4v) is 11.7. The fraction of sp³-hybridized carbons (Fsp3) is 0.100. The summed E-state index contributed by atoms with van der Waals surface area (Å²) in [6, 6.07) is 22.5. The van der Waals surface area contributed by atoms with Gasteiger partial charge in [0.2, 0.25) is 0 Å². The maximum atomic E-state index is 2.39. The number of benzene rings is 2. The zero-order valence-corrected chi connectivity index (χ0v) is 14.2. The Bertz CT molecular complexity index is 850. The number of thiophene rings is 1. The molecule has 3 aromatic rings. The lowest BCUT2D eigenvalue weighted by molar-refractivity contribution is 1.08. The Kier molecular flexibility index (Phi) is 2.47. The Labute approximate surface area is 135 Å². The molecule has 2 aliphatic heterocycles. The highest BCUT2D eigenvalue weighted by molar-refractivity contribution is 7.21. The minimum absolute atomic E-state index is 0.647. The minimum atomic E-state index is -1.82. The molecule has 0 fully saturated rings. The van der Waals surface area contributed by atoms with E-state index in [0.717, 1.165) is 0 Å². The molecule has 0 aliphatic carbocycles. The van der Waals surface area contributed by atoms with Crippen molar-refractivity contribution in [3.05, 3.63) is 88.1 Å². The van der Waals surface area contributed by atoms with Crippen LogP contribution in [0.3, 0.4) is 0 Å². The summed E-state index contributed by atoms with van der Waals surface area (Å²) < 4.78 is 0. The molecule has 1 atom stereocenters. The monoisotopic (exact) mass is 316 g/mol. The van der Waals surface area contributed by atoms with Gasteiger partial charge in [-0.1, -0.05) is 66.2 Å². The van der Waals surface area contributed by atoms with Crippen molar-refractivity contribution in [2.45, 2.75) is 12.5 Å². The maximum absolute atomic E-state index is 2.39. The first-order valence-corrected chi connectivity index (χ1v) is 10.8. The van der Waals surface area contributed by atoms with Gasteiger partial charge in [0, 0.05) is 5.54 Å². The summed E-state index contributed by atoms with van der Waals surface area (Å²) >= 11 is 1.86. The maximum Gasteiger partial charge on any atom is 0.160 e. The van der Waals surface area contributed by atoms with Gasteiger partial charge in [-0.25, -0.2) is 0 Å². The number of rotatable bonds is 2. The van der Waals surface area contributed by atoms with Crippen molar-refractivity contribution in [3.8, 4) is 0 Å². The van der Waals surface area contributed by atoms with Crippen molar-refractivity contribution in [2.24, 2.45) is 0 Å². The number of hydrogen-bond acceptors (Lipinski definition) is 1. The largest absolute Gasteiger partial charge is 0.160 e. The second-order valence-corrected chi connectivity index (χ2v) is 10.9. The van der Waals surface area contributed by atoms with E-state index in [9.17, 15) is 0 Å². The van der Waals surface area contributed by atoms with Crippen molar-refractivity contribution in [2.75, 3.05) is 0 Å². The van der Waals surface area contributed by atoms with Crippen LogP contribution in [-0.2, 0) is 0 Å². The van der Waals surface area contributed by atoms with Crippen LogP contribution in [0.1, 0.15) is 23.6 Å². The number of allylic oxidation sites excluding steroid dienone is 1. The van der Waals surface area contributed by atoms with Crippen LogP contribution in [-0.4, -0.2) is 8.07 Å². The van der Waals surface area contributed by atoms with Crippen LogP contribution < -0.4 is 10.4 Å². The molecule has 0 N–H and O–H groups in total. The van der Waals surface area contributed by atoms with Crippen LogP contribution in [0.4, 0.5) is 0 Å². The summed E-state index contributed by atoms with van der Waals surface area (Å²) in [5, 5.41) is 9.57. The molecule has 3 heterocycles. The van der Waals surface area contributed by atoms with E-state index >= 15 is 0 Å². The number of fused-ring (bicyclic) bond motifs is 5. The van der Waals surface area contributed by atoms with Gasteiger partial charge in [-0.05, 0) is 44.4 Å². The Hall–Kier alpha value is -1.90. The van der Waals surface area contributed by atoms with Crippen molar-refractivity contribution < 1.29 is 0 Å². The van der Waals surface area contributed by atoms with E-state index in [0.29, 0.717) is 5.54 Å². The van der Waals surface area contributed by atoms with Gasteiger partial charge < -0.3 is 0 Å². The Morgan fingerprint density at radius 1 is 0.818 bits per heavy atom. The molecule has 1 unspecified atom stereocenters. The molecule has 2 aliphatic rings. The topological polar surface area (TPSA) is 0 Å². The molecule has 0 nitrogen and oxygen atoms in total. The van der Waals surface area contributed by atoms with Crippen molar-refractivity contribution >= 4 is 35.0 Å². The van der Waals surface area contributed by atoms with Crippen LogP contribution in [0.5, 0.6) is 0 Å². The number of hydrogen-bond donors (Lipinski definition) is 0. The molecule has 0 saturated carbocycles. The molecule has 0 spiro atoms. The molecular formula is C20H16SSi. The third-order valence-corrected chi connectivity index (χ3v) is 11.7. The SMILES string of the molecule is CC1=C2c3cscc3C1[Si]2(c1ccccc1)c1ccccc1. The standard InChI is InChI=1S/C20H16SSi/c1-14-19-17-12-21-13-18(17)20(14)22(19,15-8-4-2-5-9-15)16-10-6-3-7-11-16/h2-13,19H,1H3. The zero-order chi connectivity index (χ0) is 14.7. The van der Waals surface area contributed by atoms with E-state index in [1.54, 1.807) is 32.3 Å². The van der Waals surface area contributed by atoms with Crippen LogP contribution in [0.25, 0.3) is 5.20 Å². The van der Waals surface area contributed by atoms with Gasteiger partial charge in [-0.15, -0.1) is 0 Å². The normalized spacial score (nSPS) is 20.7. The van der Waals surface area contributed by atoms with E-state index in [-0.39, 0.29) is 0 Å². The predicted octanol–water partition coefficient (Wildman–Crippen LogP) is 3.97. The van der Waals surface area contributed by atoms with Gasteiger partial charge in [0.1, 0.15) is 0 Å². The minimum Gasteiger partial charge on any atom is -0.151 e. The summed E-state index contributed by atoms with van der Waals surface area (Å²) in [5.41, 5.74) is 5.41. The zero-order valence-electron chi connectivity index (χ0n) is 12.4. The van der Waals surface area contributed by atoms with Crippen molar-refractivity contribution in [1.82, 2.24) is 0 Å².